The lowest BCUT2D eigenvalue weighted by molar-refractivity contribution is 0.420. The van der Waals surface area contributed by atoms with Crippen LogP contribution in [0.3, 0.4) is 0 Å². The van der Waals surface area contributed by atoms with E-state index in [-0.39, 0.29) is 0 Å². The Morgan fingerprint density at radius 1 is 0.548 bits per heavy atom. The van der Waals surface area contributed by atoms with Gasteiger partial charge in [-0.1, -0.05) is 83.4 Å². The minimum atomic E-state index is 0.713. The van der Waals surface area contributed by atoms with E-state index in [2.05, 4.69) is 46.3 Å². The average molecular weight is 475 g/mol. The van der Waals surface area contributed by atoms with Crippen LogP contribution in [0.4, 0.5) is 0 Å². The number of rotatable bonds is 10. The molecule has 158 valence electrons. The van der Waals surface area contributed by atoms with Crippen molar-refractivity contribution < 1.29 is 9.47 Å². The molecular weight excluding hydrogens is 448 g/mol. The minimum absolute atomic E-state index is 0.713. The van der Waals surface area contributed by atoms with Gasteiger partial charge in [0, 0.05) is 5.33 Å². The molecule has 0 aliphatic heterocycles. The summed E-state index contributed by atoms with van der Waals surface area (Å²) in [5, 5.41) is 3.42. The Morgan fingerprint density at radius 3 is 1.74 bits per heavy atom. The first-order valence-electron chi connectivity index (χ1n) is 10.9. The van der Waals surface area contributed by atoms with Gasteiger partial charge in [-0.15, -0.1) is 0 Å². The average Bonchev–Trinajstić information content (AvgIpc) is 2.81. The molecule has 0 amide bonds. The molecule has 0 aliphatic rings. The molecule has 0 N–H and O–H groups in total. The molecule has 0 heterocycles. The monoisotopic (exact) mass is 474 g/mol. The van der Waals surface area contributed by atoms with E-state index in [1.54, 1.807) is 0 Å². The maximum Gasteiger partial charge on any atom is 0.170 e. The number of hydrogen-bond acceptors (Lipinski definition) is 2. The van der Waals surface area contributed by atoms with Crippen molar-refractivity contribution >= 4 is 26.7 Å². The van der Waals surface area contributed by atoms with E-state index in [9.17, 15) is 0 Å². The summed E-state index contributed by atoms with van der Waals surface area (Å²) in [6.07, 6.45) is 6.14. The maximum atomic E-state index is 6.23. The Labute approximate surface area is 193 Å². The Balaban J connectivity index is 1.61. The first-order valence-corrected chi connectivity index (χ1v) is 12.0. The largest absolute Gasteiger partial charge is 0.453 e. The molecular formula is C28H27BrO2. The van der Waals surface area contributed by atoms with Gasteiger partial charge in [-0.2, -0.15) is 0 Å². The zero-order chi connectivity index (χ0) is 21.3. The quantitative estimate of drug-likeness (QED) is 0.168. The van der Waals surface area contributed by atoms with Crippen molar-refractivity contribution in [2.75, 3.05) is 5.33 Å². The predicted molar refractivity (Wildman–Crippen MR) is 133 cm³/mol. The van der Waals surface area contributed by atoms with Crippen LogP contribution in [0.25, 0.3) is 10.8 Å². The van der Waals surface area contributed by atoms with Gasteiger partial charge >= 0.3 is 0 Å². The molecule has 3 heteroatoms. The van der Waals surface area contributed by atoms with Crippen molar-refractivity contribution in [1.82, 2.24) is 0 Å². The number of benzene rings is 4. The molecule has 0 saturated carbocycles. The fourth-order valence-electron chi connectivity index (χ4n) is 3.63. The normalized spacial score (nSPS) is 10.9. The van der Waals surface area contributed by atoms with E-state index in [0.717, 1.165) is 34.4 Å². The summed E-state index contributed by atoms with van der Waals surface area (Å²) < 4.78 is 12.4. The fourth-order valence-corrected chi connectivity index (χ4v) is 4.03. The zero-order valence-electron chi connectivity index (χ0n) is 17.6. The van der Waals surface area contributed by atoms with Crippen LogP contribution in [-0.4, -0.2) is 5.33 Å². The van der Waals surface area contributed by atoms with Gasteiger partial charge in [-0.3, -0.25) is 0 Å². The molecule has 0 aliphatic carbocycles. The molecule has 0 aromatic heterocycles. The van der Waals surface area contributed by atoms with Crippen LogP contribution in [0.5, 0.6) is 23.0 Å². The smallest absolute Gasteiger partial charge is 0.170 e. The molecule has 4 aromatic rings. The number of ether oxygens (including phenoxy) is 2. The lowest BCUT2D eigenvalue weighted by Crippen LogP contribution is -1.92. The Morgan fingerprint density at radius 2 is 1.13 bits per heavy atom. The Hall–Kier alpha value is -2.78. The Kier molecular flexibility index (Phi) is 7.62. The Bertz CT molecular complexity index is 1090. The van der Waals surface area contributed by atoms with E-state index < -0.39 is 0 Å². The maximum absolute atomic E-state index is 6.23. The topological polar surface area (TPSA) is 18.5 Å². The van der Waals surface area contributed by atoms with Gasteiger partial charge in [-0.05, 0) is 72.0 Å². The first-order chi connectivity index (χ1) is 15.3. The van der Waals surface area contributed by atoms with Crippen molar-refractivity contribution in [3.05, 3.63) is 96.6 Å². The van der Waals surface area contributed by atoms with E-state index in [0.29, 0.717) is 5.75 Å². The summed E-state index contributed by atoms with van der Waals surface area (Å²) in [4.78, 5) is 0. The molecule has 0 fully saturated rings. The van der Waals surface area contributed by atoms with E-state index >= 15 is 0 Å². The lowest BCUT2D eigenvalue weighted by atomic mass is 10.0. The molecule has 2 nitrogen and oxygen atoms in total. The molecule has 0 unspecified atom stereocenters. The summed E-state index contributed by atoms with van der Waals surface area (Å²) in [5.41, 5.74) is 1.37. The van der Waals surface area contributed by atoms with Crippen molar-refractivity contribution in [1.29, 1.82) is 0 Å². The van der Waals surface area contributed by atoms with Crippen molar-refractivity contribution in [2.24, 2.45) is 0 Å². The van der Waals surface area contributed by atoms with Crippen molar-refractivity contribution in [3.8, 4) is 23.0 Å². The lowest BCUT2D eigenvalue weighted by Gasteiger charge is -2.14. The van der Waals surface area contributed by atoms with Gasteiger partial charge in [0.15, 0.2) is 11.5 Å². The number of hydrogen-bond donors (Lipinski definition) is 0. The van der Waals surface area contributed by atoms with Gasteiger partial charge in [0.25, 0.3) is 0 Å². The number of alkyl halides is 1. The highest BCUT2D eigenvalue weighted by molar-refractivity contribution is 9.09. The van der Waals surface area contributed by atoms with Crippen LogP contribution in [0.1, 0.15) is 31.2 Å². The number of para-hydroxylation sites is 2. The summed E-state index contributed by atoms with van der Waals surface area (Å²) >= 11 is 3.51. The SMILES string of the molecule is BrCCCCCCc1ccc2cc(Oc3ccccc3)c(Oc3ccccc3)cc2c1. The van der Waals surface area contributed by atoms with Gasteiger partial charge in [0.2, 0.25) is 0 Å². The van der Waals surface area contributed by atoms with E-state index in [1.807, 2.05) is 60.7 Å². The first kappa shape index (κ1) is 21.5. The molecule has 0 bridgehead atoms. The number of aryl methyl sites for hydroxylation is 1. The summed E-state index contributed by atoms with van der Waals surface area (Å²) in [5.74, 6) is 3.02. The van der Waals surface area contributed by atoms with Crippen LogP contribution in [-0.2, 0) is 6.42 Å². The molecule has 0 spiro atoms. The highest BCUT2D eigenvalue weighted by Gasteiger charge is 2.11. The number of fused-ring (bicyclic) bond motifs is 1. The van der Waals surface area contributed by atoms with Gasteiger partial charge < -0.3 is 9.47 Å². The second kappa shape index (κ2) is 11.0. The second-order valence-corrected chi connectivity index (χ2v) is 8.46. The summed E-state index contributed by atoms with van der Waals surface area (Å²) in [6.45, 7) is 0. The highest BCUT2D eigenvalue weighted by Crippen LogP contribution is 2.38. The highest BCUT2D eigenvalue weighted by atomic mass is 79.9. The molecule has 4 aromatic carbocycles. The predicted octanol–water partition coefficient (Wildman–Crippen LogP) is 8.92. The summed E-state index contributed by atoms with van der Waals surface area (Å²) in [6, 6.07) is 30.5. The zero-order valence-corrected chi connectivity index (χ0v) is 19.2. The van der Waals surface area contributed by atoms with Crippen LogP contribution >= 0.6 is 15.9 Å². The third kappa shape index (κ3) is 6.11. The number of halogens is 1. The molecule has 0 saturated heterocycles. The third-order valence-electron chi connectivity index (χ3n) is 5.26. The number of unbranched alkanes of at least 4 members (excludes halogenated alkanes) is 3. The minimum Gasteiger partial charge on any atom is -0.453 e. The molecule has 4 rings (SSSR count). The van der Waals surface area contributed by atoms with Gasteiger partial charge in [0.1, 0.15) is 11.5 Å². The molecule has 31 heavy (non-hydrogen) atoms. The van der Waals surface area contributed by atoms with Gasteiger partial charge in [0.05, 0.1) is 0 Å². The van der Waals surface area contributed by atoms with Crippen LogP contribution in [0.15, 0.2) is 91.0 Å². The standard InChI is InChI=1S/C28H27BrO2/c29-18-10-2-1-5-11-22-16-17-23-20-27(30-25-12-6-3-7-13-25)28(21-24(23)19-22)31-26-14-8-4-9-15-26/h3-4,6-9,12-17,19-21H,1-2,5,10-11,18H2. The van der Waals surface area contributed by atoms with Gasteiger partial charge in [-0.25, -0.2) is 0 Å². The van der Waals surface area contributed by atoms with E-state index in [1.165, 1.54) is 36.6 Å². The van der Waals surface area contributed by atoms with Crippen molar-refractivity contribution in [2.45, 2.75) is 32.1 Å². The fraction of sp³-hybridized carbons (Fsp3) is 0.214. The van der Waals surface area contributed by atoms with E-state index in [4.69, 9.17) is 9.47 Å². The molecule has 0 atom stereocenters. The van der Waals surface area contributed by atoms with Crippen molar-refractivity contribution in [3.63, 3.8) is 0 Å². The van der Waals surface area contributed by atoms with Crippen LogP contribution < -0.4 is 9.47 Å². The summed E-state index contributed by atoms with van der Waals surface area (Å²) in [7, 11) is 0. The second-order valence-electron chi connectivity index (χ2n) is 7.66. The molecule has 0 radical (unpaired) electrons. The van der Waals surface area contributed by atoms with Crippen LogP contribution in [0.2, 0.25) is 0 Å². The third-order valence-corrected chi connectivity index (χ3v) is 5.82. The van der Waals surface area contributed by atoms with Crippen LogP contribution in [0, 0.1) is 0 Å².